The van der Waals surface area contributed by atoms with Crippen LogP contribution in [0.15, 0.2) is 24.5 Å². The summed E-state index contributed by atoms with van der Waals surface area (Å²) >= 11 is 0. The second-order valence-electron chi connectivity index (χ2n) is 4.40. The maximum Gasteiger partial charge on any atom is 0.390 e. The van der Waals surface area contributed by atoms with Crippen molar-refractivity contribution in [3.8, 4) is 0 Å². The molecule has 0 spiro atoms. The SMILES string of the molecule is Cl.Cl.FC(F)(F)C[C@H](c1ccncc1)N1CCNCC1. The van der Waals surface area contributed by atoms with Crippen molar-refractivity contribution in [1.29, 1.82) is 0 Å². The summed E-state index contributed by atoms with van der Waals surface area (Å²) in [4.78, 5) is 5.75. The lowest BCUT2D eigenvalue weighted by Gasteiger charge is -2.35. The van der Waals surface area contributed by atoms with Crippen molar-refractivity contribution in [2.24, 2.45) is 0 Å². The molecule has 1 N–H and O–H groups in total. The van der Waals surface area contributed by atoms with Gasteiger partial charge >= 0.3 is 6.18 Å². The molecule has 1 aromatic rings. The van der Waals surface area contributed by atoms with E-state index in [1.807, 2.05) is 4.90 Å². The molecule has 0 bridgehead atoms. The van der Waals surface area contributed by atoms with Crippen molar-refractivity contribution in [2.45, 2.75) is 18.6 Å². The molecule has 1 fully saturated rings. The molecule has 1 saturated heterocycles. The highest BCUT2D eigenvalue weighted by molar-refractivity contribution is 5.85. The summed E-state index contributed by atoms with van der Waals surface area (Å²) in [5.74, 6) is 0. The van der Waals surface area contributed by atoms with E-state index in [0.29, 0.717) is 18.7 Å². The topological polar surface area (TPSA) is 28.2 Å². The van der Waals surface area contributed by atoms with E-state index in [0.717, 1.165) is 13.1 Å². The molecule has 1 aromatic heterocycles. The molecule has 0 aromatic carbocycles. The maximum absolute atomic E-state index is 12.7. The largest absolute Gasteiger partial charge is 0.390 e. The van der Waals surface area contributed by atoms with Gasteiger partial charge < -0.3 is 5.32 Å². The molecule has 0 radical (unpaired) electrons. The predicted molar refractivity (Wildman–Crippen MR) is 76.6 cm³/mol. The average Bonchev–Trinajstić information content (AvgIpc) is 2.37. The summed E-state index contributed by atoms with van der Waals surface area (Å²) in [5, 5.41) is 3.15. The summed E-state index contributed by atoms with van der Waals surface area (Å²) in [6, 6.07) is 2.73. The molecular weight excluding hydrogens is 314 g/mol. The monoisotopic (exact) mass is 331 g/mol. The molecule has 8 heteroatoms. The van der Waals surface area contributed by atoms with E-state index in [4.69, 9.17) is 0 Å². The van der Waals surface area contributed by atoms with Crippen LogP contribution in [0.2, 0.25) is 0 Å². The van der Waals surface area contributed by atoms with Crippen LogP contribution < -0.4 is 5.32 Å². The van der Waals surface area contributed by atoms with Gasteiger partial charge in [-0.1, -0.05) is 0 Å². The third kappa shape index (κ3) is 5.83. The minimum absolute atomic E-state index is 0. The zero-order chi connectivity index (χ0) is 13.0. The predicted octanol–water partition coefficient (Wildman–Crippen LogP) is 2.82. The molecule has 116 valence electrons. The van der Waals surface area contributed by atoms with Crippen LogP contribution in [0.3, 0.4) is 0 Å². The van der Waals surface area contributed by atoms with Gasteiger partial charge in [-0.2, -0.15) is 13.2 Å². The van der Waals surface area contributed by atoms with Gasteiger partial charge in [0, 0.05) is 44.6 Å². The first-order valence-electron chi connectivity index (χ1n) is 5.98. The van der Waals surface area contributed by atoms with E-state index in [1.54, 1.807) is 24.5 Å². The normalized spacial score (nSPS) is 17.8. The van der Waals surface area contributed by atoms with Crippen LogP contribution in [0.25, 0.3) is 0 Å². The lowest BCUT2D eigenvalue weighted by atomic mass is 10.0. The van der Waals surface area contributed by atoms with E-state index in [1.165, 1.54) is 0 Å². The van der Waals surface area contributed by atoms with Gasteiger partial charge in [0.05, 0.1) is 6.42 Å². The minimum Gasteiger partial charge on any atom is -0.314 e. The van der Waals surface area contributed by atoms with Crippen LogP contribution in [0.4, 0.5) is 13.2 Å². The summed E-state index contributed by atoms with van der Waals surface area (Å²) in [6.07, 6.45) is -1.88. The molecule has 1 aliphatic heterocycles. The molecule has 2 rings (SSSR count). The Morgan fingerprint density at radius 3 is 2.20 bits per heavy atom. The van der Waals surface area contributed by atoms with Crippen molar-refractivity contribution in [2.75, 3.05) is 26.2 Å². The third-order valence-electron chi connectivity index (χ3n) is 3.11. The van der Waals surface area contributed by atoms with E-state index < -0.39 is 18.6 Å². The summed E-state index contributed by atoms with van der Waals surface area (Å²) in [5.41, 5.74) is 0.684. The molecule has 0 saturated carbocycles. The number of rotatable bonds is 3. The van der Waals surface area contributed by atoms with Gasteiger partial charge in [0.15, 0.2) is 0 Å². The highest BCUT2D eigenvalue weighted by Gasteiger charge is 2.35. The summed E-state index contributed by atoms with van der Waals surface area (Å²) in [7, 11) is 0. The highest BCUT2D eigenvalue weighted by Crippen LogP contribution is 2.33. The quantitative estimate of drug-likeness (QED) is 0.923. The van der Waals surface area contributed by atoms with E-state index in [2.05, 4.69) is 10.3 Å². The number of piperazine rings is 1. The Balaban J connectivity index is 0.00000180. The van der Waals surface area contributed by atoms with Gasteiger partial charge in [-0.25, -0.2) is 0 Å². The minimum atomic E-state index is -4.15. The molecule has 1 atom stereocenters. The first kappa shape index (κ1) is 19.4. The fraction of sp³-hybridized carbons (Fsp3) is 0.583. The lowest BCUT2D eigenvalue weighted by molar-refractivity contribution is -0.148. The molecule has 0 amide bonds. The van der Waals surface area contributed by atoms with Crippen LogP contribution in [0.1, 0.15) is 18.0 Å². The van der Waals surface area contributed by atoms with Crippen LogP contribution in [-0.2, 0) is 0 Å². The van der Waals surface area contributed by atoms with Gasteiger partial charge in [0.25, 0.3) is 0 Å². The smallest absolute Gasteiger partial charge is 0.314 e. The number of alkyl halides is 3. The number of nitrogens with zero attached hydrogens (tertiary/aromatic N) is 2. The average molecular weight is 332 g/mol. The Bertz CT molecular complexity index is 370. The first-order chi connectivity index (χ1) is 8.56. The van der Waals surface area contributed by atoms with Crippen LogP contribution in [0.5, 0.6) is 0 Å². The zero-order valence-electron chi connectivity index (χ0n) is 10.8. The Labute approximate surface area is 128 Å². The van der Waals surface area contributed by atoms with Crippen molar-refractivity contribution in [3.63, 3.8) is 0 Å². The van der Waals surface area contributed by atoms with Gasteiger partial charge in [0.1, 0.15) is 0 Å². The Morgan fingerprint density at radius 1 is 1.15 bits per heavy atom. The Morgan fingerprint density at radius 2 is 1.70 bits per heavy atom. The van der Waals surface area contributed by atoms with Gasteiger partial charge in [0.2, 0.25) is 0 Å². The molecule has 1 aliphatic rings. The van der Waals surface area contributed by atoms with Crippen molar-refractivity contribution in [3.05, 3.63) is 30.1 Å². The molecule has 0 aliphatic carbocycles. The van der Waals surface area contributed by atoms with Gasteiger partial charge in [-0.3, -0.25) is 9.88 Å². The maximum atomic E-state index is 12.7. The summed E-state index contributed by atoms with van der Waals surface area (Å²) < 4.78 is 38.1. The van der Waals surface area contributed by atoms with Crippen molar-refractivity contribution >= 4 is 24.8 Å². The number of hydrogen-bond acceptors (Lipinski definition) is 3. The second kappa shape index (κ2) is 8.67. The summed E-state index contributed by atoms with van der Waals surface area (Å²) in [6.45, 7) is 2.75. The van der Waals surface area contributed by atoms with E-state index in [-0.39, 0.29) is 24.8 Å². The fourth-order valence-electron chi connectivity index (χ4n) is 2.26. The number of nitrogens with one attached hydrogen (secondary N) is 1. The first-order valence-corrected chi connectivity index (χ1v) is 5.98. The van der Waals surface area contributed by atoms with E-state index >= 15 is 0 Å². The Kier molecular flexibility index (Phi) is 8.42. The highest BCUT2D eigenvalue weighted by atomic mass is 35.5. The standard InChI is InChI=1S/C12H16F3N3.2ClH/c13-12(14,15)9-11(10-1-3-16-4-2-10)18-7-5-17-6-8-18;;/h1-4,11,17H,5-9H2;2*1H/t11-;;/m1../s1. The van der Waals surface area contributed by atoms with Crippen LogP contribution >= 0.6 is 24.8 Å². The van der Waals surface area contributed by atoms with Gasteiger partial charge in [-0.15, -0.1) is 24.8 Å². The van der Waals surface area contributed by atoms with Crippen LogP contribution in [-0.4, -0.2) is 42.2 Å². The molecule has 3 nitrogen and oxygen atoms in total. The second-order valence-corrected chi connectivity index (χ2v) is 4.40. The number of halogens is 5. The third-order valence-corrected chi connectivity index (χ3v) is 3.11. The van der Waals surface area contributed by atoms with Gasteiger partial charge in [-0.05, 0) is 17.7 Å². The number of aromatic nitrogens is 1. The van der Waals surface area contributed by atoms with Crippen molar-refractivity contribution in [1.82, 2.24) is 15.2 Å². The number of hydrogen-bond donors (Lipinski definition) is 1. The van der Waals surface area contributed by atoms with E-state index in [9.17, 15) is 13.2 Å². The fourth-order valence-corrected chi connectivity index (χ4v) is 2.26. The molecule has 20 heavy (non-hydrogen) atoms. The van der Waals surface area contributed by atoms with Crippen LogP contribution in [0, 0.1) is 0 Å². The molecule has 2 heterocycles. The van der Waals surface area contributed by atoms with Crippen molar-refractivity contribution < 1.29 is 13.2 Å². The molecule has 0 unspecified atom stereocenters. The molecular formula is C12H18Cl2F3N3. The Hall–Kier alpha value is -0.560. The lowest BCUT2D eigenvalue weighted by Crippen LogP contribution is -2.46. The zero-order valence-corrected chi connectivity index (χ0v) is 12.4. The number of pyridine rings is 1.